The molecule has 0 heterocycles. The molecule has 0 fully saturated rings. The molecule has 1 aromatic carbocycles. The van der Waals surface area contributed by atoms with Gasteiger partial charge in [-0.3, -0.25) is 0 Å². The summed E-state index contributed by atoms with van der Waals surface area (Å²) in [6.45, 7) is 0. The van der Waals surface area contributed by atoms with E-state index in [1.165, 1.54) is 11.1 Å². The fraction of sp³-hybridized carbons (Fsp3) is 0.333. The summed E-state index contributed by atoms with van der Waals surface area (Å²) in [5, 5.41) is 0. The molecule has 0 radical (unpaired) electrons. The maximum Gasteiger partial charge on any atom is 0.0349 e. The lowest BCUT2D eigenvalue weighted by Gasteiger charge is -2.04. The van der Waals surface area contributed by atoms with Gasteiger partial charge in [-0.2, -0.15) is 0 Å². The van der Waals surface area contributed by atoms with Gasteiger partial charge in [0.2, 0.25) is 0 Å². The van der Waals surface area contributed by atoms with E-state index in [4.69, 9.17) is 11.5 Å². The maximum absolute atomic E-state index is 5.86. The molecule has 0 amide bonds. The minimum Gasteiger partial charge on any atom is -0.398 e. The van der Waals surface area contributed by atoms with Gasteiger partial charge >= 0.3 is 0 Å². The lowest BCUT2D eigenvalue weighted by atomic mass is 10.1. The second kappa shape index (κ2) is 4.70. The molecule has 0 saturated carbocycles. The van der Waals surface area contributed by atoms with E-state index in [0.717, 1.165) is 18.5 Å². The van der Waals surface area contributed by atoms with Crippen molar-refractivity contribution in [3.05, 3.63) is 29.3 Å². The maximum atomic E-state index is 5.86. The van der Waals surface area contributed by atoms with Gasteiger partial charge in [0.15, 0.2) is 0 Å². The SMILES string of the molecule is Cl.Cl.Nc1cccc2c1CCC2N. The summed E-state index contributed by atoms with van der Waals surface area (Å²) >= 11 is 0. The normalized spacial score (nSPS) is 18.4. The predicted octanol–water partition coefficient (Wildman–Crippen LogP) is 2.06. The molecule has 74 valence electrons. The minimum atomic E-state index is 0. The van der Waals surface area contributed by atoms with Crippen LogP contribution in [0, 0.1) is 0 Å². The van der Waals surface area contributed by atoms with Gasteiger partial charge < -0.3 is 11.5 Å². The van der Waals surface area contributed by atoms with Crippen molar-refractivity contribution in [3.63, 3.8) is 0 Å². The molecule has 1 aliphatic carbocycles. The Morgan fingerprint density at radius 3 is 2.54 bits per heavy atom. The number of nitrogens with two attached hydrogens (primary N) is 2. The quantitative estimate of drug-likeness (QED) is 0.659. The molecule has 2 nitrogen and oxygen atoms in total. The molecule has 4 heteroatoms. The van der Waals surface area contributed by atoms with Gasteiger partial charge in [-0.15, -0.1) is 24.8 Å². The van der Waals surface area contributed by atoms with Gasteiger partial charge in [0.25, 0.3) is 0 Å². The van der Waals surface area contributed by atoms with E-state index in [1.54, 1.807) is 0 Å². The fourth-order valence-corrected chi connectivity index (χ4v) is 1.71. The zero-order chi connectivity index (χ0) is 7.84. The summed E-state index contributed by atoms with van der Waals surface area (Å²) in [6, 6.07) is 6.20. The van der Waals surface area contributed by atoms with E-state index in [0.29, 0.717) is 0 Å². The average Bonchev–Trinajstić information content (AvgIpc) is 2.35. The van der Waals surface area contributed by atoms with Crippen molar-refractivity contribution in [1.29, 1.82) is 0 Å². The van der Waals surface area contributed by atoms with E-state index in [9.17, 15) is 0 Å². The van der Waals surface area contributed by atoms with Crippen molar-refractivity contribution >= 4 is 30.5 Å². The molecule has 2 rings (SSSR count). The first-order chi connectivity index (χ1) is 5.29. The van der Waals surface area contributed by atoms with Crippen molar-refractivity contribution in [2.75, 3.05) is 5.73 Å². The highest BCUT2D eigenvalue weighted by Gasteiger charge is 2.19. The van der Waals surface area contributed by atoms with Crippen molar-refractivity contribution < 1.29 is 0 Å². The highest BCUT2D eigenvalue weighted by molar-refractivity contribution is 5.85. The van der Waals surface area contributed by atoms with Crippen LogP contribution < -0.4 is 11.5 Å². The molecule has 0 bridgehead atoms. The van der Waals surface area contributed by atoms with E-state index in [-0.39, 0.29) is 30.9 Å². The zero-order valence-electron chi connectivity index (χ0n) is 7.19. The Morgan fingerprint density at radius 1 is 1.23 bits per heavy atom. The summed E-state index contributed by atoms with van der Waals surface area (Å²) in [5.74, 6) is 0. The van der Waals surface area contributed by atoms with Gasteiger partial charge in [-0.25, -0.2) is 0 Å². The third-order valence-corrected chi connectivity index (χ3v) is 2.35. The number of rotatable bonds is 0. The van der Waals surface area contributed by atoms with Crippen molar-refractivity contribution in [3.8, 4) is 0 Å². The summed E-state index contributed by atoms with van der Waals surface area (Å²) < 4.78 is 0. The molecule has 0 aliphatic heterocycles. The molecule has 1 unspecified atom stereocenters. The summed E-state index contributed by atoms with van der Waals surface area (Å²) in [4.78, 5) is 0. The third kappa shape index (κ3) is 2.08. The van der Waals surface area contributed by atoms with Crippen molar-refractivity contribution in [1.82, 2.24) is 0 Å². The Balaban J connectivity index is 0.000000720. The number of anilines is 1. The Kier molecular flexibility index (Phi) is 4.54. The van der Waals surface area contributed by atoms with Crippen LogP contribution in [0.2, 0.25) is 0 Å². The number of halogens is 2. The lowest BCUT2D eigenvalue weighted by Crippen LogP contribution is -2.05. The summed E-state index contributed by atoms with van der Waals surface area (Å²) in [5.41, 5.74) is 15.0. The molecular formula is C9H14Cl2N2. The van der Waals surface area contributed by atoms with Gasteiger partial charge in [0.05, 0.1) is 0 Å². The Bertz CT molecular complexity index is 289. The summed E-state index contributed by atoms with van der Waals surface area (Å²) in [6.07, 6.45) is 2.09. The number of fused-ring (bicyclic) bond motifs is 1. The molecule has 0 aromatic heterocycles. The molecule has 13 heavy (non-hydrogen) atoms. The lowest BCUT2D eigenvalue weighted by molar-refractivity contribution is 0.713. The molecule has 0 saturated heterocycles. The highest BCUT2D eigenvalue weighted by atomic mass is 35.5. The number of hydrogen-bond acceptors (Lipinski definition) is 2. The first-order valence-corrected chi connectivity index (χ1v) is 3.92. The van der Waals surface area contributed by atoms with Crippen LogP contribution >= 0.6 is 24.8 Å². The largest absolute Gasteiger partial charge is 0.398 e. The van der Waals surface area contributed by atoms with Crippen LogP contribution in [0.25, 0.3) is 0 Å². The number of nitrogen functional groups attached to an aromatic ring is 1. The van der Waals surface area contributed by atoms with Gasteiger partial charge in [0, 0.05) is 11.7 Å². The van der Waals surface area contributed by atoms with Gasteiger partial charge in [-0.1, -0.05) is 12.1 Å². The highest BCUT2D eigenvalue weighted by Crippen LogP contribution is 2.32. The predicted molar refractivity (Wildman–Crippen MR) is 60.6 cm³/mol. The van der Waals surface area contributed by atoms with Crippen LogP contribution in [0.15, 0.2) is 18.2 Å². The Labute approximate surface area is 90.5 Å². The second-order valence-corrected chi connectivity index (χ2v) is 3.06. The monoisotopic (exact) mass is 220 g/mol. The Hall–Kier alpha value is -0.440. The molecule has 1 atom stereocenters. The van der Waals surface area contributed by atoms with Gasteiger partial charge in [0.1, 0.15) is 0 Å². The van der Waals surface area contributed by atoms with E-state index >= 15 is 0 Å². The van der Waals surface area contributed by atoms with Gasteiger partial charge in [-0.05, 0) is 30.0 Å². The van der Waals surface area contributed by atoms with Crippen LogP contribution in [0.4, 0.5) is 5.69 Å². The minimum absolute atomic E-state index is 0. The van der Waals surface area contributed by atoms with Crippen LogP contribution in [-0.2, 0) is 6.42 Å². The van der Waals surface area contributed by atoms with E-state index in [2.05, 4.69) is 6.07 Å². The molecule has 1 aromatic rings. The first-order valence-electron chi connectivity index (χ1n) is 3.92. The van der Waals surface area contributed by atoms with Crippen molar-refractivity contribution in [2.45, 2.75) is 18.9 Å². The zero-order valence-corrected chi connectivity index (χ0v) is 8.83. The number of hydrogen-bond donors (Lipinski definition) is 2. The van der Waals surface area contributed by atoms with Crippen molar-refractivity contribution in [2.24, 2.45) is 5.73 Å². The topological polar surface area (TPSA) is 52.0 Å². The van der Waals surface area contributed by atoms with E-state index in [1.807, 2.05) is 12.1 Å². The molecule has 1 aliphatic rings. The first kappa shape index (κ1) is 12.6. The molecule has 4 N–H and O–H groups in total. The van der Waals surface area contributed by atoms with Crippen LogP contribution in [0.5, 0.6) is 0 Å². The number of benzene rings is 1. The molecular weight excluding hydrogens is 207 g/mol. The average molecular weight is 221 g/mol. The van der Waals surface area contributed by atoms with Crippen LogP contribution in [0.3, 0.4) is 0 Å². The second-order valence-electron chi connectivity index (χ2n) is 3.06. The van der Waals surface area contributed by atoms with Crippen LogP contribution in [0.1, 0.15) is 23.6 Å². The summed E-state index contributed by atoms with van der Waals surface area (Å²) in [7, 11) is 0. The van der Waals surface area contributed by atoms with Crippen LogP contribution in [-0.4, -0.2) is 0 Å². The standard InChI is InChI=1S/C9H12N2.2ClH/c10-8-3-1-2-6-7(8)4-5-9(6)11;;/h1-3,9H,4-5,10-11H2;2*1H. The fourth-order valence-electron chi connectivity index (χ4n) is 1.71. The molecule has 0 spiro atoms. The Morgan fingerprint density at radius 2 is 1.92 bits per heavy atom. The van der Waals surface area contributed by atoms with E-state index < -0.39 is 0 Å². The smallest absolute Gasteiger partial charge is 0.0349 e. The third-order valence-electron chi connectivity index (χ3n) is 2.35.